The maximum absolute atomic E-state index is 9.13. The van der Waals surface area contributed by atoms with Crippen LogP contribution in [0.4, 0.5) is 5.69 Å². The van der Waals surface area contributed by atoms with Crippen molar-refractivity contribution >= 4 is 21.6 Å². The molecule has 1 aromatic carbocycles. The summed E-state index contributed by atoms with van der Waals surface area (Å²) in [5.74, 6) is 0. The van der Waals surface area contributed by atoms with Gasteiger partial charge in [-0.05, 0) is 43.5 Å². The SMILES string of the molecule is Cc1cc(Br)ccc1NCC1(C#N)CCC1. The van der Waals surface area contributed by atoms with Crippen LogP contribution >= 0.6 is 15.9 Å². The van der Waals surface area contributed by atoms with E-state index in [9.17, 15) is 0 Å². The first-order valence-corrected chi connectivity index (χ1v) is 6.36. The third-order valence-corrected chi connectivity index (χ3v) is 3.85. The molecule has 1 N–H and O–H groups in total. The van der Waals surface area contributed by atoms with Crippen molar-refractivity contribution in [3.8, 4) is 6.07 Å². The normalized spacial score (nSPS) is 17.3. The molecule has 1 aliphatic rings. The van der Waals surface area contributed by atoms with Gasteiger partial charge in [-0.3, -0.25) is 0 Å². The van der Waals surface area contributed by atoms with E-state index in [0.29, 0.717) is 0 Å². The number of anilines is 1. The lowest BCUT2D eigenvalue weighted by molar-refractivity contribution is 0.233. The maximum Gasteiger partial charge on any atom is 0.0746 e. The molecule has 1 aromatic rings. The van der Waals surface area contributed by atoms with Gasteiger partial charge in [0.25, 0.3) is 0 Å². The molecule has 84 valence electrons. The highest BCUT2D eigenvalue weighted by Gasteiger charge is 2.36. The lowest BCUT2D eigenvalue weighted by atomic mass is 9.70. The van der Waals surface area contributed by atoms with Crippen molar-refractivity contribution in [2.24, 2.45) is 5.41 Å². The van der Waals surface area contributed by atoms with Crippen LogP contribution in [0.25, 0.3) is 0 Å². The lowest BCUT2D eigenvalue weighted by Gasteiger charge is -2.35. The van der Waals surface area contributed by atoms with E-state index in [1.54, 1.807) is 0 Å². The van der Waals surface area contributed by atoms with Crippen molar-refractivity contribution < 1.29 is 0 Å². The molecule has 0 radical (unpaired) electrons. The number of benzene rings is 1. The summed E-state index contributed by atoms with van der Waals surface area (Å²) < 4.78 is 1.09. The highest BCUT2D eigenvalue weighted by molar-refractivity contribution is 9.10. The Morgan fingerprint density at radius 3 is 2.75 bits per heavy atom. The fourth-order valence-corrected chi connectivity index (χ4v) is 2.50. The van der Waals surface area contributed by atoms with Crippen LogP contribution in [-0.2, 0) is 0 Å². The molecular formula is C13H15BrN2. The molecular weight excluding hydrogens is 264 g/mol. The van der Waals surface area contributed by atoms with Crippen molar-refractivity contribution in [3.63, 3.8) is 0 Å². The van der Waals surface area contributed by atoms with Crippen molar-refractivity contribution in [3.05, 3.63) is 28.2 Å². The molecule has 0 atom stereocenters. The van der Waals surface area contributed by atoms with Gasteiger partial charge in [-0.25, -0.2) is 0 Å². The summed E-state index contributed by atoms with van der Waals surface area (Å²) in [7, 11) is 0. The number of nitriles is 1. The van der Waals surface area contributed by atoms with Gasteiger partial charge >= 0.3 is 0 Å². The van der Waals surface area contributed by atoms with Crippen LogP contribution in [0.5, 0.6) is 0 Å². The monoisotopic (exact) mass is 278 g/mol. The molecule has 16 heavy (non-hydrogen) atoms. The van der Waals surface area contributed by atoms with E-state index in [1.807, 2.05) is 6.07 Å². The Labute approximate surface area is 105 Å². The van der Waals surface area contributed by atoms with Gasteiger partial charge in [-0.1, -0.05) is 22.4 Å². The van der Waals surface area contributed by atoms with E-state index in [-0.39, 0.29) is 5.41 Å². The molecule has 1 aliphatic carbocycles. The Hall–Kier alpha value is -1.01. The van der Waals surface area contributed by atoms with Crippen molar-refractivity contribution in [1.29, 1.82) is 5.26 Å². The number of aryl methyl sites for hydroxylation is 1. The third kappa shape index (κ3) is 2.22. The summed E-state index contributed by atoms with van der Waals surface area (Å²) in [5.41, 5.74) is 2.23. The molecule has 2 rings (SSSR count). The van der Waals surface area contributed by atoms with Gasteiger partial charge in [0.2, 0.25) is 0 Å². The van der Waals surface area contributed by atoms with Gasteiger partial charge in [0.15, 0.2) is 0 Å². The number of halogens is 1. The first-order valence-electron chi connectivity index (χ1n) is 5.56. The molecule has 3 heteroatoms. The smallest absolute Gasteiger partial charge is 0.0746 e. The molecule has 0 aliphatic heterocycles. The van der Waals surface area contributed by atoms with E-state index in [1.165, 1.54) is 12.0 Å². The van der Waals surface area contributed by atoms with E-state index in [0.717, 1.165) is 29.5 Å². The summed E-state index contributed by atoms with van der Waals surface area (Å²) in [4.78, 5) is 0. The van der Waals surface area contributed by atoms with E-state index in [2.05, 4.69) is 46.4 Å². The predicted molar refractivity (Wildman–Crippen MR) is 69.3 cm³/mol. The van der Waals surface area contributed by atoms with Crippen LogP contribution in [0, 0.1) is 23.7 Å². The van der Waals surface area contributed by atoms with Crippen LogP contribution in [-0.4, -0.2) is 6.54 Å². The minimum absolute atomic E-state index is 0.112. The number of hydrogen-bond donors (Lipinski definition) is 1. The molecule has 2 nitrogen and oxygen atoms in total. The quantitative estimate of drug-likeness (QED) is 0.911. The van der Waals surface area contributed by atoms with Gasteiger partial charge in [0.05, 0.1) is 11.5 Å². The molecule has 0 spiro atoms. The van der Waals surface area contributed by atoms with Crippen LogP contribution in [0.15, 0.2) is 22.7 Å². The fraction of sp³-hybridized carbons (Fsp3) is 0.462. The van der Waals surface area contributed by atoms with Gasteiger partial charge in [-0.15, -0.1) is 0 Å². The number of hydrogen-bond acceptors (Lipinski definition) is 2. The Balaban J connectivity index is 2.02. The molecule has 0 aromatic heterocycles. The Bertz CT molecular complexity index is 430. The van der Waals surface area contributed by atoms with Gasteiger partial charge in [0.1, 0.15) is 0 Å². The number of nitrogens with zero attached hydrogens (tertiary/aromatic N) is 1. The minimum atomic E-state index is -0.112. The average molecular weight is 279 g/mol. The lowest BCUT2D eigenvalue weighted by Crippen LogP contribution is -2.35. The molecule has 0 unspecified atom stereocenters. The fourth-order valence-electron chi connectivity index (χ4n) is 2.02. The summed E-state index contributed by atoms with van der Waals surface area (Å²) >= 11 is 3.45. The van der Waals surface area contributed by atoms with Crippen LogP contribution in [0.1, 0.15) is 24.8 Å². The van der Waals surface area contributed by atoms with Crippen LogP contribution in [0.2, 0.25) is 0 Å². The zero-order valence-corrected chi connectivity index (χ0v) is 11.0. The molecule has 0 amide bonds. The standard InChI is InChI=1S/C13H15BrN2/c1-10-7-11(14)3-4-12(10)16-9-13(8-15)5-2-6-13/h3-4,7,16H,2,5-6,9H2,1H3. The van der Waals surface area contributed by atoms with E-state index in [4.69, 9.17) is 5.26 Å². The maximum atomic E-state index is 9.13. The Morgan fingerprint density at radius 2 is 2.25 bits per heavy atom. The predicted octanol–water partition coefficient (Wildman–Crippen LogP) is 3.86. The minimum Gasteiger partial charge on any atom is -0.383 e. The average Bonchev–Trinajstić information content (AvgIpc) is 2.19. The first-order chi connectivity index (χ1) is 7.65. The zero-order valence-electron chi connectivity index (χ0n) is 9.39. The molecule has 0 bridgehead atoms. The molecule has 0 saturated heterocycles. The summed E-state index contributed by atoms with van der Waals surface area (Å²) in [5, 5.41) is 12.5. The van der Waals surface area contributed by atoms with Gasteiger partial charge in [-0.2, -0.15) is 5.26 Å². The zero-order chi connectivity index (χ0) is 11.6. The summed E-state index contributed by atoms with van der Waals surface area (Å²) in [6, 6.07) is 8.61. The Kier molecular flexibility index (Phi) is 3.20. The highest BCUT2D eigenvalue weighted by Crippen LogP contribution is 2.40. The van der Waals surface area contributed by atoms with E-state index < -0.39 is 0 Å². The largest absolute Gasteiger partial charge is 0.383 e. The molecule has 0 heterocycles. The Morgan fingerprint density at radius 1 is 1.50 bits per heavy atom. The third-order valence-electron chi connectivity index (χ3n) is 3.35. The second kappa shape index (κ2) is 4.47. The topological polar surface area (TPSA) is 35.8 Å². The summed E-state index contributed by atoms with van der Waals surface area (Å²) in [6.45, 7) is 2.85. The van der Waals surface area contributed by atoms with Crippen LogP contribution in [0.3, 0.4) is 0 Å². The van der Waals surface area contributed by atoms with Crippen molar-refractivity contribution in [2.45, 2.75) is 26.2 Å². The van der Waals surface area contributed by atoms with Crippen LogP contribution < -0.4 is 5.32 Å². The number of rotatable bonds is 3. The number of nitrogens with one attached hydrogen (secondary N) is 1. The second-order valence-corrected chi connectivity index (χ2v) is 5.47. The molecule has 1 fully saturated rings. The highest BCUT2D eigenvalue weighted by atomic mass is 79.9. The van der Waals surface area contributed by atoms with E-state index >= 15 is 0 Å². The van der Waals surface area contributed by atoms with Crippen molar-refractivity contribution in [2.75, 3.05) is 11.9 Å². The molecule has 1 saturated carbocycles. The van der Waals surface area contributed by atoms with Gasteiger partial charge in [0, 0.05) is 16.7 Å². The van der Waals surface area contributed by atoms with Crippen molar-refractivity contribution in [1.82, 2.24) is 0 Å². The first kappa shape index (κ1) is 11.5. The second-order valence-electron chi connectivity index (χ2n) is 4.56. The van der Waals surface area contributed by atoms with Gasteiger partial charge < -0.3 is 5.32 Å². The summed E-state index contributed by atoms with van der Waals surface area (Å²) in [6.07, 6.45) is 3.26.